The van der Waals surface area contributed by atoms with Crippen molar-refractivity contribution in [3.63, 3.8) is 0 Å². The van der Waals surface area contributed by atoms with Crippen molar-refractivity contribution in [2.24, 2.45) is 0 Å². The first-order valence-corrected chi connectivity index (χ1v) is 7.16. The molecule has 0 atom stereocenters. The number of nitrogens with zero attached hydrogens (tertiary/aromatic N) is 1. The number of carbonyl (C=O) groups is 1. The first kappa shape index (κ1) is 14.4. The third-order valence-corrected chi connectivity index (χ3v) is 4.89. The van der Waals surface area contributed by atoms with Crippen molar-refractivity contribution in [2.75, 3.05) is 13.6 Å². The number of nitrogens with one attached hydrogen (secondary N) is 1. The molecular weight excluding hydrogens is 244 g/mol. The van der Waals surface area contributed by atoms with Crippen LogP contribution in [0.1, 0.15) is 39.0 Å². The lowest BCUT2D eigenvalue weighted by molar-refractivity contribution is -0.137. The fourth-order valence-corrected chi connectivity index (χ4v) is 3.33. The van der Waals surface area contributed by atoms with Gasteiger partial charge in [-0.25, -0.2) is 0 Å². The zero-order chi connectivity index (χ0) is 13.1. The van der Waals surface area contributed by atoms with E-state index >= 15 is 0 Å². The summed E-state index contributed by atoms with van der Waals surface area (Å²) in [6.07, 6.45) is 3.53. The number of hydrogen-bond acceptors (Lipinski definition) is 3. The van der Waals surface area contributed by atoms with Gasteiger partial charge in [0.2, 0.25) is 0 Å². The largest absolute Gasteiger partial charge is 0.481 e. The minimum Gasteiger partial charge on any atom is -0.481 e. The number of carboxylic acids is 1. The van der Waals surface area contributed by atoms with Crippen molar-refractivity contribution in [1.82, 2.24) is 9.03 Å². The molecular formula is C10H20N2O4S. The molecule has 0 aliphatic heterocycles. The Morgan fingerprint density at radius 1 is 1.41 bits per heavy atom. The van der Waals surface area contributed by atoms with Crippen LogP contribution in [-0.4, -0.2) is 42.9 Å². The maximum atomic E-state index is 11.9. The molecule has 17 heavy (non-hydrogen) atoms. The van der Waals surface area contributed by atoms with Crippen LogP contribution < -0.4 is 4.72 Å². The Bertz CT molecular complexity index is 374. The number of carboxylic acid groups (broad SMARTS) is 1. The van der Waals surface area contributed by atoms with Gasteiger partial charge in [-0.2, -0.15) is 17.4 Å². The molecule has 0 unspecified atom stereocenters. The molecule has 100 valence electrons. The van der Waals surface area contributed by atoms with Crippen molar-refractivity contribution in [3.05, 3.63) is 0 Å². The van der Waals surface area contributed by atoms with E-state index in [0.29, 0.717) is 0 Å². The van der Waals surface area contributed by atoms with Crippen LogP contribution in [0.2, 0.25) is 0 Å². The second-order valence-electron chi connectivity index (χ2n) is 4.84. The number of hydrogen-bond donors (Lipinski definition) is 2. The Morgan fingerprint density at radius 3 is 2.41 bits per heavy atom. The van der Waals surface area contributed by atoms with E-state index in [1.54, 1.807) is 0 Å². The first-order valence-electron chi connectivity index (χ1n) is 5.72. The Balaban J connectivity index is 2.58. The lowest BCUT2D eigenvalue weighted by Crippen LogP contribution is -2.49. The maximum Gasteiger partial charge on any atom is 0.304 e. The summed E-state index contributed by atoms with van der Waals surface area (Å²) >= 11 is 0. The molecule has 1 fully saturated rings. The van der Waals surface area contributed by atoms with Gasteiger partial charge < -0.3 is 5.11 Å². The fourth-order valence-electron chi connectivity index (χ4n) is 2.02. The van der Waals surface area contributed by atoms with E-state index < -0.39 is 16.2 Å². The molecule has 6 nitrogen and oxygen atoms in total. The average Bonchev–Trinajstić information content (AvgIpc) is 2.59. The van der Waals surface area contributed by atoms with Crippen LogP contribution in [0.4, 0.5) is 0 Å². The minimum absolute atomic E-state index is 0.0131. The summed E-state index contributed by atoms with van der Waals surface area (Å²) in [6, 6.07) is 0. The van der Waals surface area contributed by atoms with Crippen LogP contribution in [-0.2, 0) is 15.0 Å². The van der Waals surface area contributed by atoms with Crippen molar-refractivity contribution >= 4 is 16.2 Å². The van der Waals surface area contributed by atoms with Crippen LogP contribution in [0.15, 0.2) is 0 Å². The van der Waals surface area contributed by atoms with Gasteiger partial charge in [0.15, 0.2) is 0 Å². The Morgan fingerprint density at radius 2 is 1.94 bits per heavy atom. The second-order valence-corrected chi connectivity index (χ2v) is 6.62. The van der Waals surface area contributed by atoms with E-state index in [9.17, 15) is 13.2 Å². The molecule has 0 spiro atoms. The average molecular weight is 264 g/mol. The molecule has 2 N–H and O–H groups in total. The topological polar surface area (TPSA) is 86.7 Å². The molecule has 7 heteroatoms. The molecule has 0 aromatic heterocycles. The van der Waals surface area contributed by atoms with Crippen LogP contribution >= 0.6 is 0 Å². The smallest absolute Gasteiger partial charge is 0.304 e. The third kappa shape index (κ3) is 4.25. The highest BCUT2D eigenvalue weighted by atomic mass is 32.2. The van der Waals surface area contributed by atoms with Gasteiger partial charge in [0.25, 0.3) is 10.2 Å². The zero-order valence-corrected chi connectivity index (χ0v) is 11.1. The van der Waals surface area contributed by atoms with E-state index in [4.69, 9.17) is 5.11 Å². The standard InChI is InChI=1S/C10H20N2O4S/c1-10(6-3-4-7-10)11-17(15,16)12(2)8-5-9(13)14/h11H,3-8H2,1-2H3,(H,13,14). The quantitative estimate of drug-likeness (QED) is 0.734. The first-order chi connectivity index (χ1) is 7.75. The van der Waals surface area contributed by atoms with Crippen molar-refractivity contribution in [1.29, 1.82) is 0 Å². The predicted octanol–water partition coefficient (Wildman–Crippen LogP) is 0.560. The molecule has 0 aromatic carbocycles. The highest BCUT2D eigenvalue weighted by molar-refractivity contribution is 7.87. The number of rotatable bonds is 6. The van der Waals surface area contributed by atoms with E-state index in [0.717, 1.165) is 30.0 Å². The van der Waals surface area contributed by atoms with Crippen LogP contribution in [0.3, 0.4) is 0 Å². The third-order valence-electron chi connectivity index (χ3n) is 3.13. The molecule has 0 aromatic rings. The lowest BCUT2D eigenvalue weighted by Gasteiger charge is -2.28. The van der Waals surface area contributed by atoms with Crippen LogP contribution in [0.5, 0.6) is 0 Å². The summed E-state index contributed by atoms with van der Waals surface area (Å²) in [7, 11) is -2.19. The van der Waals surface area contributed by atoms with Gasteiger partial charge in [0, 0.05) is 19.1 Å². The summed E-state index contributed by atoms with van der Waals surface area (Å²) in [6.45, 7) is 1.88. The van der Waals surface area contributed by atoms with Gasteiger partial charge in [0.1, 0.15) is 0 Å². The lowest BCUT2D eigenvalue weighted by atomic mass is 10.0. The van der Waals surface area contributed by atoms with E-state index in [-0.39, 0.29) is 18.5 Å². The van der Waals surface area contributed by atoms with Gasteiger partial charge in [-0.1, -0.05) is 12.8 Å². The highest BCUT2D eigenvalue weighted by Gasteiger charge is 2.34. The minimum atomic E-state index is -3.58. The molecule has 0 bridgehead atoms. The molecule has 0 amide bonds. The molecule has 0 heterocycles. The molecule has 0 radical (unpaired) electrons. The summed E-state index contributed by atoms with van der Waals surface area (Å²) in [5.74, 6) is -1.00. The Hall–Kier alpha value is -0.660. The number of aliphatic carboxylic acids is 1. The van der Waals surface area contributed by atoms with Crippen molar-refractivity contribution in [3.8, 4) is 0 Å². The normalized spacial score (nSPS) is 19.7. The van der Waals surface area contributed by atoms with Gasteiger partial charge in [-0.15, -0.1) is 0 Å². The van der Waals surface area contributed by atoms with Crippen molar-refractivity contribution in [2.45, 2.75) is 44.6 Å². The van der Waals surface area contributed by atoms with Gasteiger partial charge in [-0.05, 0) is 19.8 Å². The molecule has 1 saturated carbocycles. The highest BCUT2D eigenvalue weighted by Crippen LogP contribution is 2.29. The van der Waals surface area contributed by atoms with E-state index in [1.807, 2.05) is 6.92 Å². The summed E-state index contributed by atoms with van der Waals surface area (Å²) < 4.78 is 27.6. The maximum absolute atomic E-state index is 11.9. The summed E-state index contributed by atoms with van der Waals surface area (Å²) in [5.41, 5.74) is -0.379. The summed E-state index contributed by atoms with van der Waals surface area (Å²) in [4.78, 5) is 10.4. The van der Waals surface area contributed by atoms with Gasteiger partial charge >= 0.3 is 5.97 Å². The molecule has 1 aliphatic carbocycles. The SMILES string of the molecule is CN(CCC(=O)O)S(=O)(=O)NC1(C)CCCC1. The van der Waals surface area contributed by atoms with Crippen LogP contribution in [0.25, 0.3) is 0 Å². The molecule has 0 saturated heterocycles. The zero-order valence-electron chi connectivity index (χ0n) is 10.3. The molecule has 1 rings (SSSR count). The fraction of sp³-hybridized carbons (Fsp3) is 0.900. The monoisotopic (exact) mass is 264 g/mol. The van der Waals surface area contributed by atoms with Crippen LogP contribution in [0, 0.1) is 0 Å². The second kappa shape index (κ2) is 5.32. The Kier molecular flexibility index (Phi) is 4.51. The predicted molar refractivity (Wildman–Crippen MR) is 63.8 cm³/mol. The molecule has 1 aliphatic rings. The van der Waals surface area contributed by atoms with E-state index in [1.165, 1.54) is 7.05 Å². The van der Waals surface area contributed by atoms with E-state index in [2.05, 4.69) is 4.72 Å². The van der Waals surface area contributed by atoms with Gasteiger partial charge in [0.05, 0.1) is 6.42 Å². The van der Waals surface area contributed by atoms with Crippen molar-refractivity contribution < 1.29 is 18.3 Å². The Labute approximate surface area is 102 Å². The van der Waals surface area contributed by atoms with Gasteiger partial charge in [-0.3, -0.25) is 4.79 Å². The summed E-state index contributed by atoms with van der Waals surface area (Å²) in [5, 5.41) is 8.52.